The van der Waals surface area contributed by atoms with Gasteiger partial charge in [-0.05, 0) is 73.6 Å². The van der Waals surface area contributed by atoms with Crippen LogP contribution in [0.5, 0.6) is 0 Å². The third kappa shape index (κ3) is 5.90. The van der Waals surface area contributed by atoms with Crippen molar-refractivity contribution >= 4 is 45.7 Å². The highest BCUT2D eigenvalue weighted by atomic mass is 32.1. The first-order valence-electron chi connectivity index (χ1n) is 11.8. The zero-order valence-corrected chi connectivity index (χ0v) is 20.7. The van der Waals surface area contributed by atoms with Crippen LogP contribution in [0.15, 0.2) is 48.5 Å². The fourth-order valence-corrected chi connectivity index (χ4v) is 4.62. The summed E-state index contributed by atoms with van der Waals surface area (Å²) in [5, 5.41) is 12.1. The molecule has 0 aliphatic heterocycles. The maximum atomic E-state index is 5.56. The number of hydrogen-bond acceptors (Lipinski definition) is 5. The molecule has 0 bridgehead atoms. The van der Waals surface area contributed by atoms with Gasteiger partial charge in [0.25, 0.3) is 0 Å². The van der Waals surface area contributed by atoms with Gasteiger partial charge in [-0.2, -0.15) is 4.98 Å². The van der Waals surface area contributed by atoms with Crippen molar-refractivity contribution in [1.82, 2.24) is 15.3 Å². The van der Waals surface area contributed by atoms with Crippen LogP contribution in [0.25, 0.3) is 10.9 Å². The molecule has 3 N–H and O–H groups in total. The molecular formula is C26H34N6S. The summed E-state index contributed by atoms with van der Waals surface area (Å²) in [4.78, 5) is 11.6. The van der Waals surface area contributed by atoms with E-state index in [2.05, 4.69) is 60.1 Å². The van der Waals surface area contributed by atoms with E-state index in [1.54, 1.807) is 0 Å². The molecule has 1 saturated carbocycles. The van der Waals surface area contributed by atoms with Crippen LogP contribution in [0, 0.1) is 0 Å². The lowest BCUT2D eigenvalue weighted by Gasteiger charge is -2.30. The molecule has 0 atom stereocenters. The molecule has 1 aliphatic carbocycles. The number of anilines is 3. The van der Waals surface area contributed by atoms with Crippen LogP contribution in [0.4, 0.5) is 17.5 Å². The van der Waals surface area contributed by atoms with Gasteiger partial charge in [0.1, 0.15) is 5.82 Å². The summed E-state index contributed by atoms with van der Waals surface area (Å²) in [6.07, 6.45) is 4.22. The smallest absolute Gasteiger partial charge is 0.225 e. The topological polar surface area (TPSA) is 65.1 Å². The monoisotopic (exact) mass is 462 g/mol. The fourth-order valence-electron chi connectivity index (χ4n) is 4.33. The van der Waals surface area contributed by atoms with Crippen molar-refractivity contribution in [2.75, 3.05) is 29.6 Å². The lowest BCUT2D eigenvalue weighted by molar-refractivity contribution is 0.387. The minimum Gasteiger partial charge on any atom is -0.362 e. The summed E-state index contributed by atoms with van der Waals surface area (Å²) in [7, 11) is 4.04. The number of nitrogens with zero attached hydrogens (tertiary/aromatic N) is 3. The molecule has 1 heterocycles. The second-order valence-corrected chi connectivity index (χ2v) is 9.76. The summed E-state index contributed by atoms with van der Waals surface area (Å²) in [6.45, 7) is 4.40. The van der Waals surface area contributed by atoms with E-state index in [1.165, 1.54) is 5.56 Å². The van der Waals surface area contributed by atoms with Gasteiger partial charge in [0, 0.05) is 37.3 Å². The largest absolute Gasteiger partial charge is 0.362 e. The van der Waals surface area contributed by atoms with E-state index < -0.39 is 0 Å². The van der Waals surface area contributed by atoms with Gasteiger partial charge in [-0.1, -0.05) is 38.1 Å². The van der Waals surface area contributed by atoms with Crippen molar-refractivity contribution in [3.63, 3.8) is 0 Å². The van der Waals surface area contributed by atoms with Crippen molar-refractivity contribution in [3.8, 4) is 0 Å². The summed E-state index contributed by atoms with van der Waals surface area (Å²) in [5.41, 5.74) is 3.32. The first-order valence-corrected chi connectivity index (χ1v) is 12.2. The molecule has 0 amide bonds. The number of benzene rings is 2. The Balaban J connectivity index is 1.30. The van der Waals surface area contributed by atoms with Crippen molar-refractivity contribution in [1.29, 1.82) is 0 Å². The minimum absolute atomic E-state index is 0.365. The maximum Gasteiger partial charge on any atom is 0.225 e. The number of thiocarbonyl (C=S) groups is 1. The Morgan fingerprint density at radius 1 is 0.939 bits per heavy atom. The van der Waals surface area contributed by atoms with Gasteiger partial charge in [-0.25, -0.2) is 4.98 Å². The molecule has 0 saturated heterocycles. The fraction of sp³-hybridized carbons (Fsp3) is 0.423. The van der Waals surface area contributed by atoms with E-state index in [0.29, 0.717) is 29.1 Å². The van der Waals surface area contributed by atoms with Crippen molar-refractivity contribution < 1.29 is 0 Å². The van der Waals surface area contributed by atoms with E-state index in [4.69, 9.17) is 22.2 Å². The number of hydrogen-bond donors (Lipinski definition) is 3. The van der Waals surface area contributed by atoms with Crippen LogP contribution in [0.3, 0.4) is 0 Å². The molecule has 0 unspecified atom stereocenters. The van der Waals surface area contributed by atoms with Gasteiger partial charge in [-0.3, -0.25) is 0 Å². The second-order valence-electron chi connectivity index (χ2n) is 9.35. The number of para-hydroxylation sites is 1. The van der Waals surface area contributed by atoms with Crippen LogP contribution in [0.2, 0.25) is 0 Å². The summed E-state index contributed by atoms with van der Waals surface area (Å²) >= 11 is 5.56. The highest BCUT2D eigenvalue weighted by Gasteiger charge is 2.23. The average Bonchev–Trinajstić information content (AvgIpc) is 2.80. The van der Waals surface area contributed by atoms with Crippen molar-refractivity contribution in [2.45, 2.75) is 57.5 Å². The Bertz CT molecular complexity index is 1090. The van der Waals surface area contributed by atoms with Gasteiger partial charge in [0.15, 0.2) is 5.11 Å². The summed E-state index contributed by atoms with van der Waals surface area (Å²) in [6, 6.07) is 17.4. The number of rotatable bonds is 6. The van der Waals surface area contributed by atoms with Crippen LogP contribution in [-0.4, -0.2) is 41.3 Å². The van der Waals surface area contributed by atoms with Crippen LogP contribution in [0.1, 0.15) is 51.0 Å². The van der Waals surface area contributed by atoms with Gasteiger partial charge in [0.2, 0.25) is 5.95 Å². The molecular weight excluding hydrogens is 428 g/mol. The zero-order valence-electron chi connectivity index (χ0n) is 19.9. The van der Waals surface area contributed by atoms with E-state index in [9.17, 15) is 0 Å². The predicted octanol–water partition coefficient (Wildman–Crippen LogP) is 5.53. The van der Waals surface area contributed by atoms with Crippen molar-refractivity contribution in [2.24, 2.45) is 0 Å². The van der Waals surface area contributed by atoms with Crippen molar-refractivity contribution in [3.05, 3.63) is 54.1 Å². The molecule has 0 radical (unpaired) electrons. The Hall–Kier alpha value is -2.93. The average molecular weight is 463 g/mol. The summed E-state index contributed by atoms with van der Waals surface area (Å²) < 4.78 is 0. The second kappa shape index (κ2) is 10.3. The normalized spacial score (nSPS) is 18.2. The molecule has 1 aliphatic rings. The summed E-state index contributed by atoms with van der Waals surface area (Å²) in [5.74, 6) is 2.18. The molecule has 33 heavy (non-hydrogen) atoms. The molecule has 4 rings (SSSR count). The Morgan fingerprint density at radius 2 is 1.61 bits per heavy atom. The molecule has 1 fully saturated rings. The molecule has 1 aromatic heterocycles. The number of nitrogens with one attached hydrogen (secondary N) is 3. The third-order valence-corrected chi connectivity index (χ3v) is 6.46. The van der Waals surface area contributed by atoms with Gasteiger partial charge >= 0.3 is 0 Å². The third-order valence-electron chi connectivity index (χ3n) is 6.24. The quantitative estimate of drug-likeness (QED) is 0.416. The number of aromatic nitrogens is 2. The Kier molecular flexibility index (Phi) is 7.28. The minimum atomic E-state index is 0.365. The lowest BCUT2D eigenvalue weighted by Crippen LogP contribution is -2.42. The maximum absolute atomic E-state index is 5.56. The molecule has 0 spiro atoms. The standard InChI is InChI=1S/C26H34N6S/c1-17(2)18-9-11-20(12-10-18)28-26(33)29-21-15-13-19(14-16-21)27-25-30-23-8-6-5-7-22(23)24(31-25)32(3)4/h5-12,17,19,21H,13-16H2,1-4H3,(H,27,30,31)(H2,28,29,33). The molecule has 3 aromatic rings. The van der Waals surface area contributed by atoms with E-state index in [0.717, 1.165) is 48.1 Å². The molecule has 7 heteroatoms. The lowest BCUT2D eigenvalue weighted by atomic mass is 9.91. The Morgan fingerprint density at radius 3 is 2.27 bits per heavy atom. The van der Waals surface area contributed by atoms with Gasteiger partial charge in [-0.15, -0.1) is 0 Å². The molecule has 6 nitrogen and oxygen atoms in total. The van der Waals surface area contributed by atoms with E-state index in [1.807, 2.05) is 37.2 Å². The van der Waals surface area contributed by atoms with Crippen LogP contribution in [-0.2, 0) is 0 Å². The highest BCUT2D eigenvalue weighted by Crippen LogP contribution is 2.26. The molecule has 174 valence electrons. The SMILES string of the molecule is CC(C)c1ccc(NC(=S)NC2CCC(Nc3nc(N(C)C)c4ccccc4n3)CC2)cc1. The van der Waals surface area contributed by atoms with Gasteiger partial charge in [0.05, 0.1) is 5.52 Å². The Labute approximate surface area is 202 Å². The number of fused-ring (bicyclic) bond motifs is 1. The van der Waals surface area contributed by atoms with E-state index in [-0.39, 0.29) is 0 Å². The van der Waals surface area contributed by atoms with Gasteiger partial charge < -0.3 is 20.9 Å². The highest BCUT2D eigenvalue weighted by molar-refractivity contribution is 7.80. The van der Waals surface area contributed by atoms with Crippen LogP contribution >= 0.6 is 12.2 Å². The first kappa shape index (κ1) is 23.2. The predicted molar refractivity (Wildman–Crippen MR) is 143 cm³/mol. The van der Waals surface area contributed by atoms with E-state index >= 15 is 0 Å². The van der Waals surface area contributed by atoms with Crippen LogP contribution < -0.4 is 20.9 Å². The first-order chi connectivity index (χ1) is 15.9. The molecule has 2 aromatic carbocycles. The zero-order chi connectivity index (χ0) is 23.4.